The van der Waals surface area contributed by atoms with Crippen LogP contribution in [0, 0.1) is 6.92 Å². The number of benzene rings is 2. The first-order valence-corrected chi connectivity index (χ1v) is 10.0. The number of nitrogens with two attached hydrogens (primary N) is 1. The Morgan fingerprint density at radius 2 is 1.97 bits per heavy atom. The van der Waals surface area contributed by atoms with Crippen molar-refractivity contribution >= 4 is 33.5 Å². The van der Waals surface area contributed by atoms with Gasteiger partial charge >= 0.3 is 5.97 Å². The van der Waals surface area contributed by atoms with E-state index in [2.05, 4.69) is 9.97 Å². The van der Waals surface area contributed by atoms with E-state index in [1.54, 1.807) is 27.2 Å². The molecule has 2 aromatic heterocycles. The molecule has 4 rings (SSSR count). The number of H-pyrrole nitrogens is 1. The van der Waals surface area contributed by atoms with Gasteiger partial charge in [-0.15, -0.1) is 0 Å². The monoisotopic (exact) mass is 419 g/mol. The summed E-state index contributed by atoms with van der Waals surface area (Å²) in [4.78, 5) is 20.3. The van der Waals surface area contributed by atoms with Crippen molar-refractivity contribution in [1.82, 2.24) is 9.97 Å². The highest BCUT2D eigenvalue weighted by Gasteiger charge is 2.21. The van der Waals surface area contributed by atoms with E-state index >= 15 is 0 Å². The van der Waals surface area contributed by atoms with Crippen molar-refractivity contribution in [2.75, 3.05) is 12.8 Å². The Bertz CT molecular complexity index is 1280. The molecular formula is C24H25N3O4. The van der Waals surface area contributed by atoms with Crippen molar-refractivity contribution in [2.45, 2.75) is 33.5 Å². The predicted octanol–water partition coefficient (Wildman–Crippen LogP) is 5.11. The van der Waals surface area contributed by atoms with Gasteiger partial charge in [-0.3, -0.25) is 0 Å². The average molecular weight is 419 g/mol. The maximum atomic E-state index is 12.6. The molecule has 4 aromatic rings. The molecule has 2 aromatic carbocycles. The fraction of sp³-hybridized carbons (Fsp3) is 0.250. The van der Waals surface area contributed by atoms with Gasteiger partial charge in [-0.1, -0.05) is 0 Å². The van der Waals surface area contributed by atoms with Crippen LogP contribution in [0.1, 0.15) is 35.5 Å². The van der Waals surface area contributed by atoms with Crippen LogP contribution in [0.2, 0.25) is 0 Å². The Labute approximate surface area is 180 Å². The number of nitrogens with one attached hydrogen (secondary N) is 1. The largest absolute Gasteiger partial charge is 0.458 e. The second kappa shape index (κ2) is 8.28. The Balaban J connectivity index is 1.85. The number of anilines is 1. The number of aryl methyl sites for hydroxylation is 1. The Kier molecular flexibility index (Phi) is 5.52. The summed E-state index contributed by atoms with van der Waals surface area (Å²) in [7, 11) is 1.59. The highest BCUT2D eigenvalue weighted by atomic mass is 16.5. The molecule has 0 radical (unpaired) electrons. The number of hydrogen-bond acceptors (Lipinski definition) is 6. The molecule has 160 valence electrons. The van der Waals surface area contributed by atoms with E-state index in [1.807, 2.05) is 43.3 Å². The van der Waals surface area contributed by atoms with E-state index < -0.39 is 5.97 Å². The van der Waals surface area contributed by atoms with Crippen molar-refractivity contribution in [3.63, 3.8) is 0 Å². The standard InChI is InChI=1S/C24H25N3O4/c1-13(2)30-24(28)23-18(12-29-4)22-17-10-16(6-7-19(17)27-20(22)11-26-23)31-21-8-5-15(25)9-14(21)3/h5-11,13,27H,12,25H2,1-4H3. The van der Waals surface area contributed by atoms with E-state index in [4.69, 9.17) is 19.9 Å². The molecule has 0 amide bonds. The molecule has 0 aliphatic heterocycles. The Hall–Kier alpha value is -3.58. The molecule has 0 atom stereocenters. The first-order chi connectivity index (χ1) is 14.9. The van der Waals surface area contributed by atoms with Crippen LogP contribution in [0.15, 0.2) is 42.6 Å². The van der Waals surface area contributed by atoms with Gasteiger partial charge in [0.05, 0.1) is 24.4 Å². The summed E-state index contributed by atoms with van der Waals surface area (Å²) in [5.41, 5.74) is 10.1. The number of carbonyl (C=O) groups is 1. The zero-order valence-corrected chi connectivity index (χ0v) is 18.0. The van der Waals surface area contributed by atoms with Crippen LogP contribution in [0.4, 0.5) is 5.69 Å². The van der Waals surface area contributed by atoms with Gasteiger partial charge in [0.2, 0.25) is 0 Å². The minimum Gasteiger partial charge on any atom is -0.458 e. The molecule has 0 saturated heterocycles. The minimum absolute atomic E-state index is 0.224. The zero-order valence-electron chi connectivity index (χ0n) is 18.0. The second-order valence-corrected chi connectivity index (χ2v) is 7.72. The minimum atomic E-state index is -0.469. The lowest BCUT2D eigenvalue weighted by Gasteiger charge is -2.12. The van der Waals surface area contributed by atoms with Crippen molar-refractivity contribution in [2.24, 2.45) is 0 Å². The third-order valence-corrected chi connectivity index (χ3v) is 4.96. The quantitative estimate of drug-likeness (QED) is 0.333. The fourth-order valence-corrected chi connectivity index (χ4v) is 3.65. The second-order valence-electron chi connectivity index (χ2n) is 7.72. The molecule has 0 unspecified atom stereocenters. The van der Waals surface area contributed by atoms with Gasteiger partial charge in [-0.25, -0.2) is 9.78 Å². The molecule has 0 fully saturated rings. The maximum absolute atomic E-state index is 12.6. The zero-order chi connectivity index (χ0) is 22.1. The van der Waals surface area contributed by atoms with Gasteiger partial charge in [0.1, 0.15) is 11.5 Å². The molecule has 3 N–H and O–H groups in total. The van der Waals surface area contributed by atoms with Crippen LogP contribution in [-0.2, 0) is 16.1 Å². The molecule has 2 heterocycles. The van der Waals surface area contributed by atoms with Gasteiger partial charge in [-0.05, 0) is 62.7 Å². The average Bonchev–Trinajstić information content (AvgIpc) is 3.08. The van der Waals surface area contributed by atoms with E-state index in [9.17, 15) is 4.79 Å². The highest BCUT2D eigenvalue weighted by Crippen LogP contribution is 2.35. The third kappa shape index (κ3) is 4.04. The van der Waals surface area contributed by atoms with Crippen LogP contribution in [0.5, 0.6) is 11.5 Å². The topological polar surface area (TPSA) is 99.5 Å². The third-order valence-electron chi connectivity index (χ3n) is 4.96. The SMILES string of the molecule is COCc1c(C(=O)OC(C)C)ncc2[nH]c3ccc(Oc4ccc(N)cc4C)cc3c12. The number of rotatable bonds is 6. The number of aromatic amines is 1. The summed E-state index contributed by atoms with van der Waals surface area (Å²) >= 11 is 0. The molecule has 0 aliphatic rings. The number of ether oxygens (including phenoxy) is 3. The molecule has 0 bridgehead atoms. The summed E-state index contributed by atoms with van der Waals surface area (Å²) < 4.78 is 16.9. The van der Waals surface area contributed by atoms with Crippen LogP contribution < -0.4 is 10.5 Å². The predicted molar refractivity (Wildman–Crippen MR) is 121 cm³/mol. The maximum Gasteiger partial charge on any atom is 0.357 e. The number of nitrogen functional groups attached to an aromatic ring is 1. The van der Waals surface area contributed by atoms with E-state index in [0.717, 1.165) is 33.1 Å². The molecule has 7 nitrogen and oxygen atoms in total. The lowest BCUT2D eigenvalue weighted by atomic mass is 10.1. The number of fused-ring (bicyclic) bond motifs is 3. The van der Waals surface area contributed by atoms with Crippen LogP contribution >= 0.6 is 0 Å². The number of aromatic nitrogens is 2. The number of nitrogens with zero attached hydrogens (tertiary/aromatic N) is 1. The number of methoxy groups -OCH3 is 1. The lowest BCUT2D eigenvalue weighted by Crippen LogP contribution is -2.15. The van der Waals surface area contributed by atoms with Crippen molar-refractivity contribution in [3.05, 3.63) is 59.4 Å². The smallest absolute Gasteiger partial charge is 0.357 e. The summed E-state index contributed by atoms with van der Waals surface area (Å²) in [5, 5.41) is 1.77. The van der Waals surface area contributed by atoms with Crippen molar-refractivity contribution < 1.29 is 19.0 Å². The summed E-state index contributed by atoms with van der Waals surface area (Å²) in [5.74, 6) is 0.935. The molecule has 31 heavy (non-hydrogen) atoms. The normalized spacial score (nSPS) is 11.4. The molecule has 0 spiro atoms. The summed E-state index contributed by atoms with van der Waals surface area (Å²) in [6, 6.07) is 11.3. The van der Waals surface area contributed by atoms with E-state index in [1.165, 1.54) is 0 Å². The molecule has 0 saturated carbocycles. The van der Waals surface area contributed by atoms with Gasteiger partial charge in [0.15, 0.2) is 5.69 Å². The number of carbonyl (C=O) groups excluding carboxylic acids is 1. The lowest BCUT2D eigenvalue weighted by molar-refractivity contribution is 0.0366. The first kappa shape index (κ1) is 20.7. The number of esters is 1. The molecule has 7 heteroatoms. The van der Waals surface area contributed by atoms with Crippen molar-refractivity contribution in [3.8, 4) is 11.5 Å². The molecular weight excluding hydrogens is 394 g/mol. The number of pyridine rings is 1. The van der Waals surface area contributed by atoms with E-state index in [-0.39, 0.29) is 18.4 Å². The van der Waals surface area contributed by atoms with Gasteiger partial charge < -0.3 is 24.9 Å². The highest BCUT2D eigenvalue weighted by molar-refractivity contribution is 6.11. The Morgan fingerprint density at radius 1 is 1.16 bits per heavy atom. The Morgan fingerprint density at radius 3 is 2.68 bits per heavy atom. The van der Waals surface area contributed by atoms with Crippen LogP contribution in [-0.4, -0.2) is 29.2 Å². The van der Waals surface area contributed by atoms with Crippen LogP contribution in [0.3, 0.4) is 0 Å². The first-order valence-electron chi connectivity index (χ1n) is 10.0. The van der Waals surface area contributed by atoms with Crippen molar-refractivity contribution in [1.29, 1.82) is 0 Å². The van der Waals surface area contributed by atoms with Gasteiger partial charge in [0, 0.05) is 34.6 Å². The fourth-order valence-electron chi connectivity index (χ4n) is 3.65. The summed E-state index contributed by atoms with van der Waals surface area (Å²) in [6.45, 7) is 5.79. The van der Waals surface area contributed by atoms with Gasteiger partial charge in [-0.2, -0.15) is 0 Å². The van der Waals surface area contributed by atoms with Gasteiger partial charge in [0.25, 0.3) is 0 Å². The van der Waals surface area contributed by atoms with E-state index in [0.29, 0.717) is 17.0 Å². The summed E-state index contributed by atoms with van der Waals surface area (Å²) in [6.07, 6.45) is 1.40. The molecule has 0 aliphatic carbocycles. The van der Waals surface area contributed by atoms with Crippen LogP contribution in [0.25, 0.3) is 21.8 Å². The number of hydrogen-bond donors (Lipinski definition) is 2.